The molecule has 0 bridgehead atoms. The number of fused-ring (bicyclic) bond motifs is 2. The van der Waals surface area contributed by atoms with Crippen molar-refractivity contribution in [3.05, 3.63) is 76.6 Å². The third kappa shape index (κ3) is 4.39. The molecule has 0 saturated heterocycles. The highest BCUT2D eigenvalue weighted by atomic mass is 19.4. The number of anilines is 1. The second-order valence-corrected chi connectivity index (χ2v) is 7.88. The molecule has 0 unspecified atom stereocenters. The third-order valence-electron chi connectivity index (χ3n) is 5.57. The number of ether oxygens (including phenoxy) is 1. The first-order chi connectivity index (χ1) is 16.6. The van der Waals surface area contributed by atoms with E-state index < -0.39 is 23.8 Å². The second kappa shape index (κ2) is 8.11. The van der Waals surface area contributed by atoms with E-state index >= 15 is 0 Å². The van der Waals surface area contributed by atoms with Gasteiger partial charge in [-0.25, -0.2) is 8.91 Å². The lowest BCUT2D eigenvalue weighted by Crippen LogP contribution is -2.44. The Bertz CT molecular complexity index is 1470. The van der Waals surface area contributed by atoms with Crippen LogP contribution in [0.3, 0.4) is 0 Å². The van der Waals surface area contributed by atoms with Crippen molar-refractivity contribution >= 4 is 17.5 Å². The predicted molar refractivity (Wildman–Crippen MR) is 113 cm³/mol. The molecule has 9 nitrogen and oxygen atoms in total. The van der Waals surface area contributed by atoms with Gasteiger partial charge in [-0.15, -0.1) is 18.3 Å². The van der Waals surface area contributed by atoms with Crippen molar-refractivity contribution in [3.8, 4) is 16.9 Å². The molecule has 3 aromatic heterocycles. The quantitative estimate of drug-likeness (QED) is 0.269. The van der Waals surface area contributed by atoms with Gasteiger partial charge in [0.25, 0.3) is 5.91 Å². The number of alkyl halides is 3. The fourth-order valence-electron chi connectivity index (χ4n) is 4.00. The van der Waals surface area contributed by atoms with Crippen LogP contribution in [-0.4, -0.2) is 38.3 Å². The zero-order valence-corrected chi connectivity index (χ0v) is 17.8. The van der Waals surface area contributed by atoms with E-state index in [0.29, 0.717) is 21.5 Å². The number of pyridine rings is 2. The minimum Gasteiger partial charge on any atom is -0.618 e. The second-order valence-electron chi connectivity index (χ2n) is 7.88. The number of halogens is 4. The molecule has 0 fully saturated rings. The van der Waals surface area contributed by atoms with Crippen LogP contribution < -0.4 is 15.2 Å². The zero-order valence-electron chi connectivity index (χ0n) is 17.8. The lowest BCUT2D eigenvalue weighted by molar-refractivity contribution is -0.613. The van der Waals surface area contributed by atoms with Gasteiger partial charge in [0.15, 0.2) is 11.8 Å². The summed E-state index contributed by atoms with van der Waals surface area (Å²) in [5.74, 6) is -1.85. The SMILES string of the molecule is Nc1nc2cc(-c3cc4c([n+]([O-])c3)CCN(Cc3cc(OC(F)(F)F)ccc3F)C4=O)ccn2n1. The van der Waals surface area contributed by atoms with Crippen molar-refractivity contribution in [1.29, 1.82) is 0 Å². The Morgan fingerprint density at radius 1 is 1.17 bits per heavy atom. The smallest absolute Gasteiger partial charge is 0.573 e. The van der Waals surface area contributed by atoms with E-state index in [-0.39, 0.29) is 42.3 Å². The van der Waals surface area contributed by atoms with Crippen LogP contribution in [-0.2, 0) is 13.0 Å². The van der Waals surface area contributed by atoms with E-state index in [1.807, 2.05) is 0 Å². The summed E-state index contributed by atoms with van der Waals surface area (Å²) in [6.45, 7) is -0.213. The van der Waals surface area contributed by atoms with Crippen LogP contribution in [0, 0.1) is 11.0 Å². The summed E-state index contributed by atoms with van der Waals surface area (Å²) in [7, 11) is 0. The van der Waals surface area contributed by atoms with Gasteiger partial charge in [0, 0.05) is 30.4 Å². The first-order valence-corrected chi connectivity index (χ1v) is 10.3. The van der Waals surface area contributed by atoms with Crippen molar-refractivity contribution in [1.82, 2.24) is 19.5 Å². The Balaban J connectivity index is 1.45. The van der Waals surface area contributed by atoms with Crippen LogP contribution in [0.5, 0.6) is 5.75 Å². The molecule has 2 N–H and O–H groups in total. The van der Waals surface area contributed by atoms with E-state index in [1.165, 1.54) is 15.6 Å². The van der Waals surface area contributed by atoms with Crippen molar-refractivity contribution in [2.75, 3.05) is 12.3 Å². The summed E-state index contributed by atoms with van der Waals surface area (Å²) < 4.78 is 57.8. The largest absolute Gasteiger partial charge is 0.618 e. The highest BCUT2D eigenvalue weighted by molar-refractivity contribution is 5.97. The van der Waals surface area contributed by atoms with E-state index in [0.717, 1.165) is 18.2 Å². The first kappa shape index (κ1) is 22.4. The highest BCUT2D eigenvalue weighted by Gasteiger charge is 2.33. The van der Waals surface area contributed by atoms with Gasteiger partial charge in [0.05, 0.1) is 6.42 Å². The Labute approximate surface area is 194 Å². The Hall–Kier alpha value is -4.42. The van der Waals surface area contributed by atoms with Crippen LogP contribution in [0.4, 0.5) is 23.5 Å². The summed E-state index contributed by atoms with van der Waals surface area (Å²) in [6, 6.07) is 7.47. The van der Waals surface area contributed by atoms with Gasteiger partial charge in [-0.05, 0) is 42.0 Å². The normalized spacial score (nSPS) is 13.8. The average molecular weight is 488 g/mol. The van der Waals surface area contributed by atoms with Crippen molar-refractivity contribution in [3.63, 3.8) is 0 Å². The van der Waals surface area contributed by atoms with Crippen molar-refractivity contribution in [2.24, 2.45) is 0 Å². The third-order valence-corrected chi connectivity index (χ3v) is 5.57. The molecule has 1 aromatic carbocycles. The van der Waals surface area contributed by atoms with E-state index in [1.54, 1.807) is 24.4 Å². The predicted octanol–water partition coefficient (Wildman–Crippen LogP) is 2.85. The molecule has 0 aliphatic carbocycles. The van der Waals surface area contributed by atoms with Gasteiger partial charge in [-0.1, -0.05) is 0 Å². The fourth-order valence-corrected chi connectivity index (χ4v) is 4.00. The highest BCUT2D eigenvalue weighted by Crippen LogP contribution is 2.28. The molecule has 4 aromatic rings. The summed E-state index contributed by atoms with van der Waals surface area (Å²) in [5.41, 5.74) is 7.29. The van der Waals surface area contributed by atoms with Crippen LogP contribution in [0.1, 0.15) is 21.6 Å². The van der Waals surface area contributed by atoms with Gasteiger partial charge < -0.3 is 20.6 Å². The molecule has 1 aliphatic heterocycles. The molecule has 0 spiro atoms. The molecule has 1 aliphatic rings. The fraction of sp³-hybridized carbons (Fsp3) is 0.182. The lowest BCUT2D eigenvalue weighted by Gasteiger charge is -2.28. The number of nitrogens with zero attached hydrogens (tertiary/aromatic N) is 5. The number of carbonyl (C=O) groups is 1. The Kier molecular flexibility index (Phi) is 5.19. The molecular weight excluding hydrogens is 472 g/mol. The summed E-state index contributed by atoms with van der Waals surface area (Å²) in [4.78, 5) is 18.5. The number of aromatic nitrogens is 4. The molecule has 1 amide bonds. The maximum absolute atomic E-state index is 14.3. The number of hydrogen-bond acceptors (Lipinski definition) is 6. The number of nitrogen functional groups attached to an aromatic ring is 1. The minimum absolute atomic E-state index is 0.0780. The molecule has 180 valence electrons. The number of rotatable bonds is 4. The number of benzene rings is 1. The van der Waals surface area contributed by atoms with Gasteiger partial charge in [-0.2, -0.15) is 9.71 Å². The summed E-state index contributed by atoms with van der Waals surface area (Å²) in [5, 5.41) is 16.7. The average Bonchev–Trinajstić information content (AvgIpc) is 3.16. The molecule has 0 atom stereocenters. The van der Waals surface area contributed by atoms with Crippen LogP contribution in [0.25, 0.3) is 16.8 Å². The first-order valence-electron chi connectivity index (χ1n) is 10.3. The standard InChI is InChI=1S/C22H16F4N6O3/c23-17-2-1-15(35-22(24,25)26)7-14(17)10-30-5-4-18-16(20(30)33)8-13(11-32(18)34)12-3-6-31-19(9-12)28-21(27)29-31/h1-3,6-9,11H,4-5,10H2,(H2,27,29). The van der Waals surface area contributed by atoms with E-state index in [4.69, 9.17) is 5.73 Å². The summed E-state index contributed by atoms with van der Waals surface area (Å²) >= 11 is 0. The lowest BCUT2D eigenvalue weighted by atomic mass is 9.99. The Morgan fingerprint density at radius 3 is 2.74 bits per heavy atom. The van der Waals surface area contributed by atoms with Gasteiger partial charge in [0.2, 0.25) is 11.6 Å². The number of nitrogens with two attached hydrogens (primary N) is 1. The number of carbonyl (C=O) groups excluding carboxylic acids is 1. The van der Waals surface area contributed by atoms with E-state index in [9.17, 15) is 27.6 Å². The molecule has 35 heavy (non-hydrogen) atoms. The van der Waals surface area contributed by atoms with Crippen LogP contribution in [0.15, 0.2) is 48.8 Å². The zero-order chi connectivity index (χ0) is 24.9. The number of hydrogen-bond donors (Lipinski definition) is 1. The van der Waals surface area contributed by atoms with Gasteiger partial charge in [0.1, 0.15) is 17.1 Å². The van der Waals surface area contributed by atoms with Crippen LogP contribution in [0.2, 0.25) is 0 Å². The molecular formula is C22H16F4N6O3. The number of amides is 1. The van der Waals surface area contributed by atoms with Gasteiger partial charge in [-0.3, -0.25) is 4.79 Å². The molecule has 0 saturated carbocycles. The maximum atomic E-state index is 14.3. The topological polar surface area (TPSA) is 113 Å². The van der Waals surface area contributed by atoms with Crippen molar-refractivity contribution in [2.45, 2.75) is 19.3 Å². The van der Waals surface area contributed by atoms with Gasteiger partial charge >= 0.3 is 6.36 Å². The molecule has 0 radical (unpaired) electrons. The Morgan fingerprint density at radius 2 is 1.97 bits per heavy atom. The minimum atomic E-state index is -4.94. The summed E-state index contributed by atoms with van der Waals surface area (Å²) in [6.07, 6.45) is -1.81. The molecule has 13 heteroatoms. The maximum Gasteiger partial charge on any atom is 0.573 e. The monoisotopic (exact) mass is 488 g/mol. The van der Waals surface area contributed by atoms with E-state index in [2.05, 4.69) is 14.8 Å². The molecule has 5 rings (SSSR count). The molecule has 4 heterocycles. The van der Waals surface area contributed by atoms with Crippen LogP contribution >= 0.6 is 0 Å². The van der Waals surface area contributed by atoms with Crippen molar-refractivity contribution < 1.29 is 31.8 Å².